The summed E-state index contributed by atoms with van der Waals surface area (Å²) in [6.07, 6.45) is 1.11. The lowest BCUT2D eigenvalue weighted by molar-refractivity contribution is -0.115. The predicted octanol–water partition coefficient (Wildman–Crippen LogP) is 1.66. The van der Waals surface area contributed by atoms with Crippen molar-refractivity contribution in [1.82, 2.24) is 0 Å². The third-order valence-corrected chi connectivity index (χ3v) is 3.73. The summed E-state index contributed by atoms with van der Waals surface area (Å²) in [5.41, 5.74) is 0.710. The number of rotatable bonds is 4. The number of nitrogens with one attached hydrogen (secondary N) is 1. The number of para-hydroxylation sites is 1. The van der Waals surface area contributed by atoms with Crippen LogP contribution >= 0.6 is 22.6 Å². The summed E-state index contributed by atoms with van der Waals surface area (Å²) < 4.78 is 22.7. The molecular formula is C10H12INO3S. The van der Waals surface area contributed by atoms with Crippen LogP contribution in [0.25, 0.3) is 0 Å². The third-order valence-electron chi connectivity index (χ3n) is 1.85. The van der Waals surface area contributed by atoms with Crippen molar-refractivity contribution in [3.63, 3.8) is 0 Å². The molecule has 88 valence electrons. The van der Waals surface area contributed by atoms with Crippen LogP contribution in [0.5, 0.6) is 0 Å². The fourth-order valence-corrected chi connectivity index (χ4v) is 2.13. The molecule has 0 saturated carbocycles. The Bertz CT molecular complexity index is 485. The van der Waals surface area contributed by atoms with Crippen LogP contribution in [0.15, 0.2) is 24.3 Å². The Hall–Kier alpha value is -0.630. The van der Waals surface area contributed by atoms with Gasteiger partial charge in [0.2, 0.25) is 5.91 Å². The Kier molecular flexibility index (Phi) is 4.72. The Morgan fingerprint density at radius 2 is 2.00 bits per heavy atom. The van der Waals surface area contributed by atoms with Crippen molar-refractivity contribution in [3.8, 4) is 0 Å². The van der Waals surface area contributed by atoms with Crippen LogP contribution in [0.4, 0.5) is 5.69 Å². The molecule has 6 heteroatoms. The van der Waals surface area contributed by atoms with E-state index >= 15 is 0 Å². The van der Waals surface area contributed by atoms with Gasteiger partial charge in [-0.25, -0.2) is 8.42 Å². The van der Waals surface area contributed by atoms with Gasteiger partial charge in [0.1, 0.15) is 9.84 Å². The molecule has 1 N–H and O–H groups in total. The first-order valence-electron chi connectivity index (χ1n) is 4.60. The molecule has 1 amide bonds. The average molecular weight is 353 g/mol. The van der Waals surface area contributed by atoms with Gasteiger partial charge < -0.3 is 5.32 Å². The van der Waals surface area contributed by atoms with Crippen LogP contribution in [0.3, 0.4) is 0 Å². The zero-order valence-corrected chi connectivity index (χ0v) is 11.7. The first-order valence-corrected chi connectivity index (χ1v) is 7.74. The van der Waals surface area contributed by atoms with Crippen molar-refractivity contribution >= 4 is 44.0 Å². The lowest BCUT2D eigenvalue weighted by Crippen LogP contribution is -2.17. The number of halogens is 1. The molecule has 1 aromatic carbocycles. The minimum Gasteiger partial charge on any atom is -0.325 e. The maximum Gasteiger partial charge on any atom is 0.225 e. The van der Waals surface area contributed by atoms with E-state index in [4.69, 9.17) is 0 Å². The highest BCUT2D eigenvalue weighted by Crippen LogP contribution is 2.16. The topological polar surface area (TPSA) is 63.2 Å². The van der Waals surface area contributed by atoms with Crippen LogP contribution in [0.1, 0.15) is 6.42 Å². The van der Waals surface area contributed by atoms with Crippen molar-refractivity contribution in [2.45, 2.75) is 6.42 Å². The summed E-state index contributed by atoms with van der Waals surface area (Å²) in [7, 11) is -3.08. The van der Waals surface area contributed by atoms with Gasteiger partial charge in [-0.3, -0.25) is 4.79 Å². The lowest BCUT2D eigenvalue weighted by Gasteiger charge is -2.06. The van der Waals surface area contributed by atoms with Crippen molar-refractivity contribution < 1.29 is 13.2 Å². The maximum absolute atomic E-state index is 11.4. The zero-order chi connectivity index (χ0) is 12.2. The van der Waals surface area contributed by atoms with E-state index in [1.54, 1.807) is 6.07 Å². The highest BCUT2D eigenvalue weighted by Gasteiger charge is 2.09. The van der Waals surface area contributed by atoms with E-state index in [-0.39, 0.29) is 18.1 Å². The fourth-order valence-electron chi connectivity index (χ4n) is 1.05. The smallest absolute Gasteiger partial charge is 0.225 e. The minimum absolute atomic E-state index is 0.0101. The van der Waals surface area contributed by atoms with Gasteiger partial charge in [-0.1, -0.05) is 12.1 Å². The Balaban J connectivity index is 2.56. The van der Waals surface area contributed by atoms with Crippen molar-refractivity contribution in [2.24, 2.45) is 0 Å². The molecule has 0 aliphatic rings. The van der Waals surface area contributed by atoms with Gasteiger partial charge in [-0.2, -0.15) is 0 Å². The maximum atomic E-state index is 11.4. The molecule has 0 radical (unpaired) electrons. The zero-order valence-electron chi connectivity index (χ0n) is 8.73. The molecule has 1 rings (SSSR count). The number of anilines is 1. The highest BCUT2D eigenvalue weighted by molar-refractivity contribution is 14.1. The van der Waals surface area contributed by atoms with Crippen molar-refractivity contribution in [2.75, 3.05) is 17.3 Å². The van der Waals surface area contributed by atoms with Crippen LogP contribution in [-0.4, -0.2) is 26.3 Å². The second-order valence-corrected chi connectivity index (χ2v) is 6.83. The van der Waals surface area contributed by atoms with Gasteiger partial charge >= 0.3 is 0 Å². The van der Waals surface area contributed by atoms with Gasteiger partial charge in [0.05, 0.1) is 11.4 Å². The summed E-state index contributed by atoms with van der Waals surface area (Å²) in [6.45, 7) is 0. The normalized spacial score (nSPS) is 11.1. The van der Waals surface area contributed by atoms with E-state index in [2.05, 4.69) is 27.9 Å². The van der Waals surface area contributed by atoms with E-state index in [0.29, 0.717) is 5.69 Å². The van der Waals surface area contributed by atoms with Gasteiger partial charge in [-0.05, 0) is 34.7 Å². The number of amides is 1. The van der Waals surface area contributed by atoms with Crippen LogP contribution < -0.4 is 5.32 Å². The molecule has 4 nitrogen and oxygen atoms in total. The van der Waals surface area contributed by atoms with Gasteiger partial charge in [0, 0.05) is 16.2 Å². The number of carbonyl (C=O) groups is 1. The minimum atomic E-state index is -3.08. The van der Waals surface area contributed by atoms with Crippen LogP contribution in [-0.2, 0) is 14.6 Å². The van der Waals surface area contributed by atoms with E-state index in [1.807, 2.05) is 18.2 Å². The monoisotopic (exact) mass is 353 g/mol. The molecule has 0 fully saturated rings. The molecule has 0 spiro atoms. The first-order chi connectivity index (χ1) is 7.38. The van der Waals surface area contributed by atoms with E-state index in [0.717, 1.165) is 9.83 Å². The van der Waals surface area contributed by atoms with Crippen LogP contribution in [0.2, 0.25) is 0 Å². The van der Waals surface area contributed by atoms with E-state index in [1.165, 1.54) is 0 Å². The molecule has 0 aliphatic carbocycles. The largest absolute Gasteiger partial charge is 0.325 e. The lowest BCUT2D eigenvalue weighted by atomic mass is 10.3. The molecule has 16 heavy (non-hydrogen) atoms. The SMILES string of the molecule is CS(=O)(=O)CCC(=O)Nc1ccccc1I. The summed E-state index contributed by atoms with van der Waals surface area (Å²) in [5.74, 6) is -0.406. The van der Waals surface area contributed by atoms with Crippen molar-refractivity contribution in [3.05, 3.63) is 27.8 Å². The van der Waals surface area contributed by atoms with Gasteiger partial charge in [-0.15, -0.1) is 0 Å². The summed E-state index contributed by atoms with van der Waals surface area (Å²) in [5, 5.41) is 2.67. The molecule has 0 aromatic heterocycles. The molecule has 1 aromatic rings. The highest BCUT2D eigenvalue weighted by atomic mass is 127. The molecule has 0 aliphatic heterocycles. The van der Waals surface area contributed by atoms with E-state index < -0.39 is 9.84 Å². The second-order valence-electron chi connectivity index (χ2n) is 3.41. The van der Waals surface area contributed by atoms with Crippen LogP contribution in [0, 0.1) is 3.57 Å². The second kappa shape index (κ2) is 5.62. The standard InChI is InChI=1S/C10H12INO3S/c1-16(14,15)7-6-10(13)12-9-5-3-2-4-8(9)11/h2-5H,6-7H2,1H3,(H,12,13). The van der Waals surface area contributed by atoms with Gasteiger partial charge in [0.15, 0.2) is 0 Å². The number of hydrogen-bond acceptors (Lipinski definition) is 3. The quantitative estimate of drug-likeness (QED) is 0.838. The number of hydrogen-bond donors (Lipinski definition) is 1. The van der Waals surface area contributed by atoms with Crippen molar-refractivity contribution in [1.29, 1.82) is 0 Å². The molecule has 0 bridgehead atoms. The third kappa shape index (κ3) is 4.93. The number of benzene rings is 1. The molecule has 0 saturated heterocycles. The molecule has 0 atom stereocenters. The van der Waals surface area contributed by atoms with E-state index in [9.17, 15) is 13.2 Å². The Morgan fingerprint density at radius 3 is 2.56 bits per heavy atom. The molecule has 0 unspecified atom stereocenters. The molecular weight excluding hydrogens is 341 g/mol. The number of sulfone groups is 1. The Labute approximate surface area is 108 Å². The fraction of sp³-hybridized carbons (Fsp3) is 0.300. The van der Waals surface area contributed by atoms with Gasteiger partial charge in [0.25, 0.3) is 0 Å². The predicted molar refractivity (Wildman–Crippen MR) is 72.1 cm³/mol. The summed E-state index contributed by atoms with van der Waals surface area (Å²) in [4.78, 5) is 11.4. The Morgan fingerprint density at radius 1 is 1.38 bits per heavy atom. The summed E-state index contributed by atoms with van der Waals surface area (Å²) in [6, 6.07) is 7.33. The average Bonchev–Trinajstić information content (AvgIpc) is 2.18. The molecule has 0 heterocycles. The first kappa shape index (κ1) is 13.4. The number of carbonyl (C=O) groups excluding carboxylic acids is 1. The summed E-state index contributed by atoms with van der Waals surface area (Å²) >= 11 is 2.11.